The molecule has 1 heteroatoms. The van der Waals surface area contributed by atoms with Gasteiger partial charge in [0.15, 0.2) is 0 Å². The van der Waals surface area contributed by atoms with E-state index < -0.39 is 0 Å². The second-order valence-corrected chi connectivity index (χ2v) is 4.90. The lowest BCUT2D eigenvalue weighted by atomic mass is 9.92. The van der Waals surface area contributed by atoms with E-state index >= 15 is 0 Å². The topological polar surface area (TPSA) is 12.0 Å². The average Bonchev–Trinajstić information content (AvgIpc) is 2.62. The number of nitrogens with one attached hydrogen (secondary N) is 1. The second-order valence-electron chi connectivity index (χ2n) is 4.90. The van der Waals surface area contributed by atoms with Crippen LogP contribution in [0.3, 0.4) is 0 Å². The van der Waals surface area contributed by atoms with E-state index in [2.05, 4.69) is 32.8 Å². The van der Waals surface area contributed by atoms with Gasteiger partial charge in [0.1, 0.15) is 0 Å². The molecule has 1 fully saturated rings. The molecule has 14 heavy (non-hydrogen) atoms. The minimum atomic E-state index is 0.670. The fourth-order valence-corrected chi connectivity index (χ4v) is 2.73. The van der Waals surface area contributed by atoms with E-state index in [1.54, 1.807) is 0 Å². The molecule has 1 saturated carbocycles. The fourth-order valence-electron chi connectivity index (χ4n) is 2.73. The molecule has 0 aromatic heterocycles. The quantitative estimate of drug-likeness (QED) is 0.663. The standard InChI is InChI=1S/C13H25N/c1-5-11-6-7-12(9-11)13(14-4)8-10(2)3/h11-14H,2,5-9H2,1,3-4H3. The van der Waals surface area contributed by atoms with E-state index in [1.807, 2.05) is 0 Å². The smallest absolute Gasteiger partial charge is 0.0129 e. The summed E-state index contributed by atoms with van der Waals surface area (Å²) in [4.78, 5) is 0. The Morgan fingerprint density at radius 1 is 1.50 bits per heavy atom. The van der Waals surface area contributed by atoms with Crippen LogP contribution in [-0.4, -0.2) is 13.1 Å². The van der Waals surface area contributed by atoms with Crippen LogP contribution in [-0.2, 0) is 0 Å². The first kappa shape index (κ1) is 11.8. The third-order valence-corrected chi connectivity index (χ3v) is 3.67. The van der Waals surface area contributed by atoms with Crippen molar-refractivity contribution in [3.63, 3.8) is 0 Å². The Morgan fingerprint density at radius 3 is 2.64 bits per heavy atom. The lowest BCUT2D eigenvalue weighted by Gasteiger charge is -2.23. The van der Waals surface area contributed by atoms with Crippen molar-refractivity contribution in [3.8, 4) is 0 Å². The minimum Gasteiger partial charge on any atom is -0.316 e. The Morgan fingerprint density at radius 2 is 2.21 bits per heavy atom. The number of rotatable bonds is 5. The minimum absolute atomic E-state index is 0.670. The van der Waals surface area contributed by atoms with Crippen molar-refractivity contribution in [2.24, 2.45) is 11.8 Å². The van der Waals surface area contributed by atoms with E-state index in [-0.39, 0.29) is 0 Å². The van der Waals surface area contributed by atoms with Crippen molar-refractivity contribution in [1.82, 2.24) is 5.32 Å². The van der Waals surface area contributed by atoms with Crippen LogP contribution in [0.4, 0.5) is 0 Å². The van der Waals surface area contributed by atoms with Crippen LogP contribution in [0.15, 0.2) is 12.2 Å². The van der Waals surface area contributed by atoms with Gasteiger partial charge in [-0.1, -0.05) is 25.3 Å². The molecular formula is C13H25N. The maximum absolute atomic E-state index is 4.01. The Kier molecular flexibility index (Phi) is 4.67. The van der Waals surface area contributed by atoms with Gasteiger partial charge >= 0.3 is 0 Å². The maximum Gasteiger partial charge on any atom is 0.0129 e. The molecule has 1 N–H and O–H groups in total. The van der Waals surface area contributed by atoms with Crippen LogP contribution in [0, 0.1) is 11.8 Å². The summed E-state index contributed by atoms with van der Waals surface area (Å²) in [6, 6.07) is 0.670. The van der Waals surface area contributed by atoms with Gasteiger partial charge in [0.05, 0.1) is 0 Å². The van der Waals surface area contributed by atoms with E-state index in [1.165, 1.54) is 31.3 Å². The first-order valence-corrected chi connectivity index (χ1v) is 5.99. The predicted molar refractivity (Wildman–Crippen MR) is 63.4 cm³/mol. The van der Waals surface area contributed by atoms with E-state index in [0.717, 1.165) is 18.3 Å². The zero-order valence-corrected chi connectivity index (χ0v) is 9.97. The second kappa shape index (κ2) is 5.55. The maximum atomic E-state index is 4.01. The molecule has 0 spiro atoms. The SMILES string of the molecule is C=C(C)CC(NC)C1CCC(CC)C1. The largest absolute Gasteiger partial charge is 0.316 e. The van der Waals surface area contributed by atoms with Crippen LogP contribution < -0.4 is 5.32 Å². The van der Waals surface area contributed by atoms with Gasteiger partial charge in [0.25, 0.3) is 0 Å². The summed E-state index contributed by atoms with van der Waals surface area (Å²) < 4.78 is 0. The zero-order valence-electron chi connectivity index (χ0n) is 9.97. The summed E-state index contributed by atoms with van der Waals surface area (Å²) in [5.41, 5.74) is 1.31. The molecule has 3 atom stereocenters. The molecule has 0 bridgehead atoms. The van der Waals surface area contributed by atoms with Crippen molar-refractivity contribution >= 4 is 0 Å². The summed E-state index contributed by atoms with van der Waals surface area (Å²) in [6.07, 6.45) is 6.79. The molecule has 0 heterocycles. The lowest BCUT2D eigenvalue weighted by Crippen LogP contribution is -2.32. The monoisotopic (exact) mass is 195 g/mol. The van der Waals surface area contributed by atoms with E-state index in [0.29, 0.717) is 6.04 Å². The van der Waals surface area contributed by atoms with E-state index in [4.69, 9.17) is 0 Å². The predicted octanol–water partition coefficient (Wildman–Crippen LogP) is 3.37. The highest BCUT2D eigenvalue weighted by molar-refractivity contribution is 4.96. The highest BCUT2D eigenvalue weighted by atomic mass is 14.9. The molecule has 82 valence electrons. The van der Waals surface area contributed by atoms with Crippen molar-refractivity contribution in [1.29, 1.82) is 0 Å². The molecule has 0 aromatic carbocycles. The molecule has 1 aliphatic rings. The highest BCUT2D eigenvalue weighted by Crippen LogP contribution is 2.36. The van der Waals surface area contributed by atoms with Crippen molar-refractivity contribution in [2.45, 2.75) is 52.0 Å². The van der Waals surface area contributed by atoms with Crippen molar-refractivity contribution in [3.05, 3.63) is 12.2 Å². The van der Waals surface area contributed by atoms with Gasteiger partial charge in [0.2, 0.25) is 0 Å². The molecule has 1 aliphatic carbocycles. The van der Waals surface area contributed by atoms with Crippen LogP contribution in [0.1, 0.15) is 46.0 Å². The zero-order chi connectivity index (χ0) is 10.6. The molecular weight excluding hydrogens is 170 g/mol. The van der Waals surface area contributed by atoms with Crippen LogP contribution in [0.25, 0.3) is 0 Å². The Bertz CT molecular complexity index is 186. The average molecular weight is 195 g/mol. The third kappa shape index (κ3) is 3.13. The van der Waals surface area contributed by atoms with E-state index in [9.17, 15) is 0 Å². The highest BCUT2D eigenvalue weighted by Gasteiger charge is 2.28. The molecule has 3 unspecified atom stereocenters. The molecule has 0 amide bonds. The first-order valence-electron chi connectivity index (χ1n) is 5.99. The molecule has 0 radical (unpaired) electrons. The summed E-state index contributed by atoms with van der Waals surface area (Å²) in [7, 11) is 2.09. The van der Waals surface area contributed by atoms with Crippen LogP contribution in [0.5, 0.6) is 0 Å². The van der Waals surface area contributed by atoms with Crippen LogP contribution in [0.2, 0.25) is 0 Å². The van der Waals surface area contributed by atoms with Gasteiger partial charge in [-0.05, 0) is 45.1 Å². The molecule has 0 aromatic rings. The number of hydrogen-bond donors (Lipinski definition) is 1. The molecule has 1 nitrogen and oxygen atoms in total. The Labute approximate surface area is 89.0 Å². The van der Waals surface area contributed by atoms with Gasteiger partial charge in [-0.25, -0.2) is 0 Å². The van der Waals surface area contributed by atoms with Gasteiger partial charge in [-0.3, -0.25) is 0 Å². The molecule has 0 saturated heterocycles. The van der Waals surface area contributed by atoms with Crippen molar-refractivity contribution < 1.29 is 0 Å². The Hall–Kier alpha value is -0.300. The fraction of sp³-hybridized carbons (Fsp3) is 0.846. The summed E-state index contributed by atoms with van der Waals surface area (Å²) >= 11 is 0. The molecule has 0 aliphatic heterocycles. The normalized spacial score (nSPS) is 29.1. The van der Waals surface area contributed by atoms with Gasteiger partial charge in [-0.15, -0.1) is 6.58 Å². The summed E-state index contributed by atoms with van der Waals surface area (Å²) in [5.74, 6) is 1.88. The lowest BCUT2D eigenvalue weighted by molar-refractivity contribution is 0.361. The Balaban J connectivity index is 2.42. The summed E-state index contributed by atoms with van der Waals surface area (Å²) in [6.45, 7) is 8.47. The van der Waals surface area contributed by atoms with Crippen molar-refractivity contribution in [2.75, 3.05) is 7.05 Å². The molecule has 1 rings (SSSR count). The first-order chi connectivity index (χ1) is 6.67. The van der Waals surface area contributed by atoms with Gasteiger partial charge in [-0.2, -0.15) is 0 Å². The summed E-state index contributed by atoms with van der Waals surface area (Å²) in [5, 5.41) is 3.46. The van der Waals surface area contributed by atoms with Gasteiger partial charge in [0, 0.05) is 6.04 Å². The van der Waals surface area contributed by atoms with Crippen LogP contribution >= 0.6 is 0 Å². The third-order valence-electron chi connectivity index (χ3n) is 3.67. The van der Waals surface area contributed by atoms with Gasteiger partial charge < -0.3 is 5.32 Å². The number of hydrogen-bond acceptors (Lipinski definition) is 1.